The highest BCUT2D eigenvalue weighted by molar-refractivity contribution is 5.94. The van der Waals surface area contributed by atoms with E-state index in [0.717, 1.165) is 28.8 Å². The molecule has 0 spiro atoms. The number of benzene rings is 2. The molecule has 3 rings (SSSR count). The topological polar surface area (TPSA) is 86.7 Å². The quantitative estimate of drug-likeness (QED) is 0.620. The highest BCUT2D eigenvalue weighted by atomic mass is 19.4. The van der Waals surface area contributed by atoms with Gasteiger partial charge in [0.15, 0.2) is 0 Å². The summed E-state index contributed by atoms with van der Waals surface area (Å²) in [5.41, 5.74) is 2.68. The number of nitrogens with one attached hydrogen (secondary N) is 1. The van der Waals surface area contributed by atoms with E-state index < -0.39 is 23.6 Å². The van der Waals surface area contributed by atoms with Crippen molar-refractivity contribution in [3.63, 3.8) is 0 Å². The van der Waals surface area contributed by atoms with Crippen molar-refractivity contribution in [2.24, 2.45) is 0 Å². The smallest absolute Gasteiger partial charge is 0.416 e. The number of amides is 2. The Bertz CT molecular complexity index is 1060. The van der Waals surface area contributed by atoms with E-state index in [1.807, 2.05) is 18.2 Å². The summed E-state index contributed by atoms with van der Waals surface area (Å²) in [7, 11) is 0. The van der Waals surface area contributed by atoms with Gasteiger partial charge in [-0.25, -0.2) is 0 Å². The fraction of sp³-hybridized carbons (Fsp3) is 0.292. The van der Waals surface area contributed by atoms with E-state index >= 15 is 0 Å². The van der Waals surface area contributed by atoms with Crippen LogP contribution in [0.15, 0.2) is 48.5 Å². The lowest BCUT2D eigenvalue weighted by molar-refractivity contribution is -0.138. The van der Waals surface area contributed by atoms with E-state index in [9.17, 15) is 27.6 Å². The Kier molecular flexibility index (Phi) is 7.52. The van der Waals surface area contributed by atoms with E-state index in [1.165, 1.54) is 24.3 Å². The minimum absolute atomic E-state index is 0.0659. The number of fused-ring (bicyclic) bond motifs is 1. The van der Waals surface area contributed by atoms with E-state index in [4.69, 9.17) is 5.11 Å². The molecule has 0 saturated heterocycles. The Balaban J connectivity index is 1.48. The molecule has 2 aromatic carbocycles. The number of aliphatic carboxylic acids is 1. The zero-order valence-electron chi connectivity index (χ0n) is 17.7. The Morgan fingerprint density at radius 2 is 1.79 bits per heavy atom. The number of hydrogen-bond acceptors (Lipinski definition) is 3. The summed E-state index contributed by atoms with van der Waals surface area (Å²) in [4.78, 5) is 36.8. The number of carboxylic acids is 1. The van der Waals surface area contributed by atoms with Crippen molar-refractivity contribution in [3.05, 3.63) is 76.4 Å². The normalized spacial score (nSPS) is 13.6. The predicted octanol–water partition coefficient (Wildman–Crippen LogP) is 3.44. The lowest BCUT2D eigenvalue weighted by Crippen LogP contribution is -2.42. The summed E-state index contributed by atoms with van der Waals surface area (Å²) >= 11 is 0. The molecule has 0 unspecified atom stereocenters. The molecule has 33 heavy (non-hydrogen) atoms. The summed E-state index contributed by atoms with van der Waals surface area (Å²) in [5.74, 6) is -1.61. The maximum Gasteiger partial charge on any atom is 0.416 e. The van der Waals surface area contributed by atoms with Crippen LogP contribution >= 0.6 is 0 Å². The molecule has 0 radical (unpaired) electrons. The number of carbonyl (C=O) groups is 3. The van der Waals surface area contributed by atoms with Gasteiger partial charge in [0.25, 0.3) is 0 Å². The van der Waals surface area contributed by atoms with Gasteiger partial charge >= 0.3 is 12.1 Å². The maximum absolute atomic E-state index is 12.6. The van der Waals surface area contributed by atoms with Gasteiger partial charge in [0.05, 0.1) is 12.1 Å². The lowest BCUT2D eigenvalue weighted by Gasteiger charge is -2.29. The van der Waals surface area contributed by atoms with Gasteiger partial charge in [-0.2, -0.15) is 13.2 Å². The molecule has 6 nitrogen and oxygen atoms in total. The molecule has 0 fully saturated rings. The van der Waals surface area contributed by atoms with Crippen molar-refractivity contribution >= 4 is 23.9 Å². The molecule has 0 bridgehead atoms. The molecule has 2 aromatic rings. The average molecular weight is 460 g/mol. The van der Waals surface area contributed by atoms with Crippen molar-refractivity contribution in [1.29, 1.82) is 0 Å². The van der Waals surface area contributed by atoms with Crippen molar-refractivity contribution in [2.75, 3.05) is 13.1 Å². The molecule has 2 N–H and O–H groups in total. The third kappa shape index (κ3) is 6.93. The highest BCUT2D eigenvalue weighted by Gasteiger charge is 2.29. The summed E-state index contributed by atoms with van der Waals surface area (Å²) in [6.45, 7) is 0.707. The number of aryl methyl sites for hydroxylation is 1. The standard InChI is InChI=1S/C24H23F3N2O4/c25-24(26,27)20-7-2-16(3-8-20)4-9-21(30)28-14-22(31)29-12-11-18-13-17(5-10-23(32)33)1-6-19(18)15-29/h1-4,6-9,13H,5,10-12,14-15H2,(H,28,30)(H,32,33)/b9-4+. The third-order valence-electron chi connectivity index (χ3n) is 5.34. The maximum atomic E-state index is 12.6. The second kappa shape index (κ2) is 10.3. The number of rotatable bonds is 7. The van der Waals surface area contributed by atoms with Gasteiger partial charge in [-0.05, 0) is 53.3 Å². The second-order valence-electron chi connectivity index (χ2n) is 7.73. The molecule has 1 aliphatic rings. The van der Waals surface area contributed by atoms with Crippen molar-refractivity contribution in [1.82, 2.24) is 10.2 Å². The Labute approximate surface area is 188 Å². The molecule has 2 amide bonds. The van der Waals surface area contributed by atoms with Crippen molar-refractivity contribution < 1.29 is 32.7 Å². The summed E-state index contributed by atoms with van der Waals surface area (Å²) in [5, 5.41) is 11.3. The zero-order valence-corrected chi connectivity index (χ0v) is 17.7. The van der Waals surface area contributed by atoms with Crippen LogP contribution in [0, 0.1) is 0 Å². The molecular weight excluding hydrogens is 437 g/mol. The first kappa shape index (κ1) is 24.0. The van der Waals surface area contributed by atoms with Crippen LogP contribution in [0.3, 0.4) is 0 Å². The van der Waals surface area contributed by atoms with Crippen LogP contribution in [0.1, 0.15) is 34.2 Å². The fourth-order valence-electron chi connectivity index (χ4n) is 3.51. The number of nitrogens with zero attached hydrogens (tertiary/aromatic N) is 1. The van der Waals surface area contributed by atoms with Crippen LogP contribution in [0.2, 0.25) is 0 Å². The van der Waals surface area contributed by atoms with Crippen LogP contribution in [0.25, 0.3) is 6.08 Å². The Morgan fingerprint density at radius 1 is 1.06 bits per heavy atom. The molecule has 1 aliphatic heterocycles. The van der Waals surface area contributed by atoms with E-state index in [1.54, 1.807) is 4.90 Å². The molecule has 0 aromatic heterocycles. The monoisotopic (exact) mass is 460 g/mol. The SMILES string of the molecule is O=C(O)CCc1ccc2c(c1)CCN(C(=O)CNC(=O)/C=C/c1ccc(C(F)(F)F)cc1)C2. The predicted molar refractivity (Wildman–Crippen MR) is 115 cm³/mol. The summed E-state index contributed by atoms with van der Waals surface area (Å²) in [6, 6.07) is 10.1. The Morgan fingerprint density at radius 3 is 2.45 bits per heavy atom. The van der Waals surface area contributed by atoms with E-state index in [-0.39, 0.29) is 18.9 Å². The van der Waals surface area contributed by atoms with E-state index in [2.05, 4.69) is 5.32 Å². The first-order chi connectivity index (χ1) is 15.6. The largest absolute Gasteiger partial charge is 0.481 e. The third-order valence-corrected chi connectivity index (χ3v) is 5.34. The number of halogens is 3. The molecule has 1 heterocycles. The van der Waals surface area contributed by atoms with E-state index in [0.29, 0.717) is 31.5 Å². The van der Waals surface area contributed by atoms with Gasteiger partial charge < -0.3 is 15.3 Å². The van der Waals surface area contributed by atoms with Crippen molar-refractivity contribution in [2.45, 2.75) is 32.0 Å². The number of alkyl halides is 3. The molecule has 174 valence electrons. The fourth-order valence-corrected chi connectivity index (χ4v) is 3.51. The first-order valence-electron chi connectivity index (χ1n) is 10.4. The van der Waals surface area contributed by atoms with Crippen molar-refractivity contribution in [3.8, 4) is 0 Å². The minimum Gasteiger partial charge on any atom is -0.481 e. The lowest BCUT2D eigenvalue weighted by atomic mass is 9.95. The van der Waals surface area contributed by atoms with Crippen LogP contribution in [0.4, 0.5) is 13.2 Å². The highest BCUT2D eigenvalue weighted by Crippen LogP contribution is 2.29. The van der Waals surface area contributed by atoms with Gasteiger partial charge in [-0.15, -0.1) is 0 Å². The number of carboxylic acid groups (broad SMARTS) is 1. The van der Waals surface area contributed by atoms with Crippen LogP contribution in [-0.2, 0) is 39.9 Å². The molecule has 0 saturated carbocycles. The number of carbonyl (C=O) groups excluding carboxylic acids is 2. The number of hydrogen-bond donors (Lipinski definition) is 2. The average Bonchev–Trinajstić information content (AvgIpc) is 2.79. The van der Waals surface area contributed by atoms with Gasteiger partial charge in [0.1, 0.15) is 0 Å². The van der Waals surface area contributed by atoms with Crippen LogP contribution < -0.4 is 5.32 Å². The Hall–Kier alpha value is -3.62. The van der Waals surface area contributed by atoms with Gasteiger partial charge in [0, 0.05) is 25.6 Å². The minimum atomic E-state index is -4.42. The summed E-state index contributed by atoms with van der Waals surface area (Å²) < 4.78 is 37.7. The second-order valence-corrected chi connectivity index (χ2v) is 7.73. The molecular formula is C24H23F3N2O4. The van der Waals surface area contributed by atoms with Gasteiger partial charge in [-0.3, -0.25) is 14.4 Å². The van der Waals surface area contributed by atoms with Crippen LogP contribution in [0.5, 0.6) is 0 Å². The zero-order chi connectivity index (χ0) is 24.0. The van der Waals surface area contributed by atoms with Crippen LogP contribution in [-0.4, -0.2) is 40.9 Å². The molecule has 0 atom stereocenters. The van der Waals surface area contributed by atoms with Gasteiger partial charge in [-0.1, -0.05) is 30.3 Å². The van der Waals surface area contributed by atoms with Gasteiger partial charge in [0.2, 0.25) is 11.8 Å². The summed E-state index contributed by atoms with van der Waals surface area (Å²) in [6.07, 6.45) is -0.714. The molecule has 9 heteroatoms. The molecule has 0 aliphatic carbocycles. The first-order valence-corrected chi connectivity index (χ1v) is 10.4.